The molecule has 0 radical (unpaired) electrons. The number of anilines is 1. The molecule has 1 amide bonds. The van der Waals surface area contributed by atoms with E-state index in [0.29, 0.717) is 16.3 Å². The topological polar surface area (TPSA) is 64.6 Å². The smallest absolute Gasteiger partial charge is 0.349 e. The van der Waals surface area contributed by atoms with Gasteiger partial charge in [-0.1, -0.05) is 13.0 Å². The van der Waals surface area contributed by atoms with Gasteiger partial charge >= 0.3 is 5.97 Å². The molecule has 0 saturated heterocycles. The van der Waals surface area contributed by atoms with Gasteiger partial charge in [-0.25, -0.2) is 4.79 Å². The summed E-state index contributed by atoms with van der Waals surface area (Å²) in [6.45, 7) is 7.48. The number of methoxy groups -OCH3 is 1. The quantitative estimate of drug-likeness (QED) is 0.786. The molecule has 0 saturated carbocycles. The Bertz CT molecular complexity index is 782. The van der Waals surface area contributed by atoms with Crippen molar-refractivity contribution in [3.05, 3.63) is 45.1 Å². The lowest BCUT2D eigenvalue weighted by molar-refractivity contribution is -0.123. The fourth-order valence-corrected chi connectivity index (χ4v) is 3.39. The molecule has 0 aliphatic rings. The lowest BCUT2D eigenvalue weighted by atomic mass is 10.2. The highest BCUT2D eigenvalue weighted by Crippen LogP contribution is 2.26. The van der Waals surface area contributed by atoms with Crippen LogP contribution in [0.4, 0.5) is 5.69 Å². The van der Waals surface area contributed by atoms with Crippen LogP contribution in [0.3, 0.4) is 0 Å². The number of hydrogen-bond acceptors (Lipinski definition) is 5. The Morgan fingerprint density at radius 2 is 1.96 bits per heavy atom. The second-order valence-corrected chi connectivity index (χ2v) is 6.95. The third kappa shape index (κ3) is 4.60. The highest BCUT2D eigenvalue weighted by molar-refractivity contribution is 7.14. The van der Waals surface area contributed by atoms with Crippen molar-refractivity contribution in [3.63, 3.8) is 0 Å². The van der Waals surface area contributed by atoms with E-state index in [1.807, 2.05) is 26.8 Å². The molecule has 6 heteroatoms. The summed E-state index contributed by atoms with van der Waals surface area (Å²) in [5.74, 6) is -0.327. The summed E-state index contributed by atoms with van der Waals surface area (Å²) >= 11 is 1.41. The molecule has 25 heavy (non-hydrogen) atoms. The number of carbonyl (C=O) groups excluding carboxylic acids is 2. The number of esters is 1. The van der Waals surface area contributed by atoms with Crippen molar-refractivity contribution in [1.29, 1.82) is 0 Å². The minimum absolute atomic E-state index is 0.402. The number of benzene rings is 1. The first kappa shape index (κ1) is 19.0. The number of ether oxygens (including phenoxy) is 2. The number of nitrogens with one attached hydrogen (secondary N) is 1. The monoisotopic (exact) mass is 361 g/mol. The van der Waals surface area contributed by atoms with E-state index in [0.717, 1.165) is 22.4 Å². The fraction of sp³-hybridized carbons (Fsp3) is 0.368. The molecular weight excluding hydrogens is 338 g/mol. The van der Waals surface area contributed by atoms with Gasteiger partial charge < -0.3 is 14.8 Å². The molecule has 5 nitrogen and oxygen atoms in total. The number of thiophene rings is 1. The van der Waals surface area contributed by atoms with Crippen LogP contribution in [0.2, 0.25) is 0 Å². The normalized spacial score (nSPS) is 11.7. The number of hydrogen-bond donors (Lipinski definition) is 1. The SMILES string of the molecule is CCc1sc(C(=O)O[C@@H](C)C(=O)Nc2cc(C)ccc2OC)cc1C. The van der Waals surface area contributed by atoms with Gasteiger partial charge in [-0.15, -0.1) is 11.3 Å². The van der Waals surface area contributed by atoms with Crippen molar-refractivity contribution in [2.45, 2.75) is 40.2 Å². The first-order valence-corrected chi connectivity index (χ1v) is 8.93. The first-order chi connectivity index (χ1) is 11.8. The predicted molar refractivity (Wildman–Crippen MR) is 99.7 cm³/mol. The second kappa shape index (κ2) is 8.16. The van der Waals surface area contributed by atoms with Gasteiger partial charge in [-0.3, -0.25) is 4.79 Å². The predicted octanol–water partition coefficient (Wildman–Crippen LogP) is 4.12. The highest BCUT2D eigenvalue weighted by atomic mass is 32.1. The van der Waals surface area contributed by atoms with Gasteiger partial charge in [0.15, 0.2) is 6.10 Å². The molecule has 0 aliphatic heterocycles. The molecule has 134 valence electrons. The minimum atomic E-state index is -0.912. The Labute approximate surface area is 152 Å². The van der Waals surface area contributed by atoms with E-state index in [4.69, 9.17) is 9.47 Å². The van der Waals surface area contributed by atoms with E-state index in [1.54, 1.807) is 25.1 Å². The summed E-state index contributed by atoms with van der Waals surface area (Å²) in [4.78, 5) is 26.3. The summed E-state index contributed by atoms with van der Waals surface area (Å²) in [5, 5.41) is 2.75. The average molecular weight is 361 g/mol. The third-order valence-corrected chi connectivity index (χ3v) is 5.17. The van der Waals surface area contributed by atoms with E-state index >= 15 is 0 Å². The van der Waals surface area contributed by atoms with Gasteiger partial charge in [0.05, 0.1) is 12.8 Å². The van der Waals surface area contributed by atoms with Crippen LogP contribution in [0.1, 0.15) is 39.5 Å². The van der Waals surface area contributed by atoms with E-state index in [9.17, 15) is 9.59 Å². The third-order valence-electron chi connectivity index (χ3n) is 3.81. The van der Waals surface area contributed by atoms with E-state index in [-0.39, 0.29) is 0 Å². The average Bonchev–Trinajstić information content (AvgIpc) is 2.96. The molecule has 0 bridgehead atoms. The van der Waals surface area contributed by atoms with Crippen molar-refractivity contribution < 1.29 is 19.1 Å². The lowest BCUT2D eigenvalue weighted by Gasteiger charge is -2.15. The Hall–Kier alpha value is -2.34. The molecule has 1 aromatic carbocycles. The summed E-state index contributed by atoms with van der Waals surface area (Å²) in [6.07, 6.45) is -0.0438. The molecule has 0 unspecified atom stereocenters. The van der Waals surface area contributed by atoms with Crippen LogP contribution >= 0.6 is 11.3 Å². The molecule has 2 rings (SSSR count). The maximum Gasteiger partial charge on any atom is 0.349 e. The minimum Gasteiger partial charge on any atom is -0.495 e. The standard InChI is InChI=1S/C19H23NO4S/c1-6-16-12(3)10-17(25-16)19(22)24-13(4)18(21)20-14-9-11(2)7-8-15(14)23-5/h7-10,13H,6H2,1-5H3,(H,20,21)/t13-/m0/s1. The Kier molecular flexibility index (Phi) is 6.20. The van der Waals surface area contributed by atoms with Crippen LogP contribution in [0, 0.1) is 13.8 Å². The van der Waals surface area contributed by atoms with Crippen LogP contribution in [0.25, 0.3) is 0 Å². The Balaban J connectivity index is 2.05. The van der Waals surface area contributed by atoms with Crippen LogP contribution in [-0.4, -0.2) is 25.1 Å². The number of amides is 1. The van der Waals surface area contributed by atoms with Gasteiger partial charge in [0.2, 0.25) is 0 Å². The van der Waals surface area contributed by atoms with E-state index in [2.05, 4.69) is 5.32 Å². The molecule has 1 aromatic heterocycles. The van der Waals surface area contributed by atoms with Crippen LogP contribution in [0.5, 0.6) is 5.75 Å². The van der Waals surface area contributed by atoms with Gasteiger partial charge in [-0.2, -0.15) is 0 Å². The summed E-state index contributed by atoms with van der Waals surface area (Å²) in [7, 11) is 1.54. The maximum absolute atomic E-state index is 12.3. The number of carbonyl (C=O) groups is 2. The van der Waals surface area contributed by atoms with Crippen molar-refractivity contribution in [1.82, 2.24) is 0 Å². The van der Waals surface area contributed by atoms with Crippen LogP contribution in [0.15, 0.2) is 24.3 Å². The second-order valence-electron chi connectivity index (χ2n) is 5.81. The van der Waals surface area contributed by atoms with Crippen molar-refractivity contribution in [2.75, 3.05) is 12.4 Å². The van der Waals surface area contributed by atoms with Gasteiger partial charge in [-0.05, 0) is 56.5 Å². The zero-order valence-corrected chi connectivity index (χ0v) is 16.0. The van der Waals surface area contributed by atoms with Gasteiger partial charge in [0.1, 0.15) is 10.6 Å². The molecule has 0 aliphatic carbocycles. The largest absolute Gasteiger partial charge is 0.495 e. The van der Waals surface area contributed by atoms with Crippen LogP contribution in [-0.2, 0) is 16.0 Å². The summed E-state index contributed by atoms with van der Waals surface area (Å²) < 4.78 is 10.5. The maximum atomic E-state index is 12.3. The summed E-state index contributed by atoms with van der Waals surface area (Å²) in [5.41, 5.74) is 2.61. The Morgan fingerprint density at radius 1 is 1.24 bits per heavy atom. The Morgan fingerprint density at radius 3 is 2.56 bits per heavy atom. The zero-order chi connectivity index (χ0) is 18.6. The molecule has 1 atom stereocenters. The van der Waals surface area contributed by atoms with Crippen LogP contribution < -0.4 is 10.1 Å². The first-order valence-electron chi connectivity index (χ1n) is 8.11. The van der Waals surface area contributed by atoms with Gasteiger partial charge in [0.25, 0.3) is 5.91 Å². The van der Waals surface area contributed by atoms with Crippen molar-refractivity contribution >= 4 is 28.9 Å². The molecule has 0 spiro atoms. The van der Waals surface area contributed by atoms with Crippen molar-refractivity contribution in [3.8, 4) is 5.75 Å². The van der Waals surface area contributed by atoms with Gasteiger partial charge in [0, 0.05) is 4.88 Å². The molecule has 0 fully saturated rings. The number of aryl methyl sites for hydroxylation is 3. The van der Waals surface area contributed by atoms with E-state index < -0.39 is 18.0 Å². The molecule has 2 aromatic rings. The van der Waals surface area contributed by atoms with Crippen molar-refractivity contribution in [2.24, 2.45) is 0 Å². The molecule has 1 heterocycles. The zero-order valence-electron chi connectivity index (χ0n) is 15.1. The fourth-order valence-electron chi connectivity index (χ4n) is 2.40. The van der Waals surface area contributed by atoms with E-state index in [1.165, 1.54) is 18.4 Å². The number of rotatable bonds is 6. The molecule has 1 N–H and O–H groups in total. The lowest BCUT2D eigenvalue weighted by Crippen LogP contribution is -2.30. The molecular formula is C19H23NO4S. The highest BCUT2D eigenvalue weighted by Gasteiger charge is 2.22. The summed E-state index contributed by atoms with van der Waals surface area (Å²) in [6, 6.07) is 7.28.